The van der Waals surface area contributed by atoms with Crippen LogP contribution < -0.4 is 15.0 Å². The van der Waals surface area contributed by atoms with Crippen molar-refractivity contribution in [1.82, 2.24) is 9.97 Å². The summed E-state index contributed by atoms with van der Waals surface area (Å²) in [5.74, 6) is 2.09. The molecular weight excluding hydrogens is 360 g/mol. The topological polar surface area (TPSA) is 50.3 Å². The first-order chi connectivity index (χ1) is 13.1. The van der Waals surface area contributed by atoms with Crippen molar-refractivity contribution in [3.05, 3.63) is 64.8 Å². The number of aryl methyl sites for hydroxylation is 2. The minimum Gasteiger partial charge on any atom is -0.495 e. The molecule has 1 aliphatic heterocycles. The van der Waals surface area contributed by atoms with Crippen LogP contribution in [0.3, 0.4) is 0 Å². The SMILES string of the molecule is COc1ccc(Nc2nc(C)cc(N3CCCc4ccccc43)n2)cc1Cl. The number of fused-ring (bicyclic) bond motifs is 1. The van der Waals surface area contributed by atoms with Crippen LogP contribution in [0, 0.1) is 6.92 Å². The predicted molar refractivity (Wildman–Crippen MR) is 110 cm³/mol. The van der Waals surface area contributed by atoms with Gasteiger partial charge in [0.15, 0.2) is 0 Å². The van der Waals surface area contributed by atoms with E-state index in [-0.39, 0.29) is 0 Å². The zero-order valence-corrected chi connectivity index (χ0v) is 16.1. The Balaban J connectivity index is 1.66. The monoisotopic (exact) mass is 380 g/mol. The molecule has 0 saturated heterocycles. The second-order valence-corrected chi connectivity index (χ2v) is 6.96. The van der Waals surface area contributed by atoms with Gasteiger partial charge in [-0.2, -0.15) is 4.98 Å². The van der Waals surface area contributed by atoms with Gasteiger partial charge in [-0.3, -0.25) is 0 Å². The quantitative estimate of drug-likeness (QED) is 0.667. The Morgan fingerprint density at radius 3 is 2.78 bits per heavy atom. The number of aromatic nitrogens is 2. The Hall–Kier alpha value is -2.79. The van der Waals surface area contributed by atoms with Gasteiger partial charge in [0.25, 0.3) is 0 Å². The lowest BCUT2D eigenvalue weighted by atomic mass is 10.0. The van der Waals surface area contributed by atoms with E-state index in [9.17, 15) is 0 Å². The first-order valence-electron chi connectivity index (χ1n) is 8.96. The average Bonchev–Trinajstić information content (AvgIpc) is 2.67. The highest BCUT2D eigenvalue weighted by atomic mass is 35.5. The van der Waals surface area contributed by atoms with Crippen LogP contribution in [0.5, 0.6) is 5.75 Å². The number of benzene rings is 2. The van der Waals surface area contributed by atoms with Crippen LogP contribution in [0.15, 0.2) is 48.5 Å². The van der Waals surface area contributed by atoms with Crippen LogP contribution in [-0.2, 0) is 6.42 Å². The maximum Gasteiger partial charge on any atom is 0.229 e. The van der Waals surface area contributed by atoms with Gasteiger partial charge in [0, 0.05) is 29.7 Å². The van der Waals surface area contributed by atoms with E-state index in [4.69, 9.17) is 21.3 Å². The summed E-state index contributed by atoms with van der Waals surface area (Å²) in [6.45, 7) is 2.93. The molecule has 138 valence electrons. The van der Waals surface area contributed by atoms with Gasteiger partial charge in [-0.05, 0) is 49.6 Å². The van der Waals surface area contributed by atoms with Crippen molar-refractivity contribution >= 4 is 34.7 Å². The summed E-state index contributed by atoms with van der Waals surface area (Å²) in [5.41, 5.74) is 4.30. The number of para-hydroxylation sites is 1. The normalized spacial score (nSPS) is 13.2. The highest BCUT2D eigenvalue weighted by Crippen LogP contribution is 2.33. The Morgan fingerprint density at radius 1 is 1.11 bits per heavy atom. The molecule has 27 heavy (non-hydrogen) atoms. The molecule has 2 aromatic carbocycles. The fourth-order valence-corrected chi connectivity index (χ4v) is 3.65. The third-order valence-corrected chi connectivity index (χ3v) is 4.93. The number of nitrogens with zero attached hydrogens (tertiary/aromatic N) is 3. The summed E-state index contributed by atoms with van der Waals surface area (Å²) in [5, 5.41) is 3.79. The van der Waals surface area contributed by atoms with Crippen LogP contribution in [0.2, 0.25) is 5.02 Å². The molecule has 0 bridgehead atoms. The maximum atomic E-state index is 6.22. The summed E-state index contributed by atoms with van der Waals surface area (Å²) >= 11 is 6.22. The van der Waals surface area contributed by atoms with Crippen LogP contribution in [-0.4, -0.2) is 23.6 Å². The lowest BCUT2D eigenvalue weighted by Gasteiger charge is -2.30. The molecule has 0 spiro atoms. The van der Waals surface area contributed by atoms with Crippen LogP contribution in [0.4, 0.5) is 23.1 Å². The molecule has 0 atom stereocenters. The van der Waals surface area contributed by atoms with E-state index in [1.165, 1.54) is 11.3 Å². The molecule has 5 nitrogen and oxygen atoms in total. The molecule has 0 amide bonds. The third-order valence-electron chi connectivity index (χ3n) is 4.64. The van der Waals surface area contributed by atoms with Crippen LogP contribution >= 0.6 is 11.6 Å². The summed E-state index contributed by atoms with van der Waals surface area (Å²) in [6, 6.07) is 16.1. The van der Waals surface area contributed by atoms with E-state index in [0.29, 0.717) is 16.7 Å². The van der Waals surface area contributed by atoms with Crippen molar-refractivity contribution in [1.29, 1.82) is 0 Å². The number of methoxy groups -OCH3 is 1. The van der Waals surface area contributed by atoms with E-state index in [2.05, 4.69) is 39.5 Å². The number of nitrogens with one attached hydrogen (secondary N) is 1. The molecule has 3 aromatic rings. The second kappa shape index (κ2) is 7.45. The molecule has 1 aromatic heterocycles. The van der Waals surface area contributed by atoms with Crippen molar-refractivity contribution in [2.45, 2.75) is 19.8 Å². The molecule has 0 radical (unpaired) electrons. The molecule has 0 saturated carbocycles. The summed E-state index contributed by atoms with van der Waals surface area (Å²) in [6.07, 6.45) is 2.21. The fourth-order valence-electron chi connectivity index (χ4n) is 3.39. The minimum atomic E-state index is 0.542. The fraction of sp³-hybridized carbons (Fsp3) is 0.238. The van der Waals surface area contributed by atoms with Gasteiger partial charge in [-0.15, -0.1) is 0 Å². The lowest BCUT2D eigenvalue weighted by molar-refractivity contribution is 0.415. The molecule has 1 aliphatic rings. The number of ether oxygens (including phenoxy) is 1. The zero-order valence-electron chi connectivity index (χ0n) is 15.4. The van der Waals surface area contributed by atoms with Crippen molar-refractivity contribution in [3.8, 4) is 5.75 Å². The Labute approximate surface area is 164 Å². The van der Waals surface area contributed by atoms with Gasteiger partial charge in [-0.1, -0.05) is 29.8 Å². The molecule has 0 aliphatic carbocycles. The smallest absolute Gasteiger partial charge is 0.229 e. The van der Waals surface area contributed by atoms with E-state index in [0.717, 1.165) is 36.6 Å². The molecule has 1 N–H and O–H groups in total. The maximum absolute atomic E-state index is 6.22. The molecule has 4 rings (SSSR count). The van der Waals surface area contributed by atoms with E-state index >= 15 is 0 Å². The van der Waals surface area contributed by atoms with Crippen LogP contribution in [0.1, 0.15) is 17.7 Å². The summed E-state index contributed by atoms with van der Waals surface area (Å²) in [4.78, 5) is 11.5. The Morgan fingerprint density at radius 2 is 1.96 bits per heavy atom. The van der Waals surface area contributed by atoms with Crippen molar-refractivity contribution in [2.75, 3.05) is 23.9 Å². The number of halogens is 1. The first-order valence-corrected chi connectivity index (χ1v) is 9.33. The summed E-state index contributed by atoms with van der Waals surface area (Å²) < 4.78 is 5.20. The molecular formula is C21H21ClN4O. The van der Waals surface area contributed by atoms with Crippen LogP contribution in [0.25, 0.3) is 0 Å². The zero-order chi connectivity index (χ0) is 18.8. The Kier molecular flexibility index (Phi) is 4.86. The van der Waals surface area contributed by atoms with Gasteiger partial charge >= 0.3 is 0 Å². The standard InChI is InChI=1S/C21H21ClN4O/c1-14-12-20(26-11-5-7-15-6-3-4-8-18(15)26)25-21(23-14)24-16-9-10-19(27-2)17(22)13-16/h3-4,6,8-10,12-13H,5,7,11H2,1-2H3,(H,23,24,25). The van der Waals surface area contributed by atoms with Crippen molar-refractivity contribution in [2.24, 2.45) is 0 Å². The number of hydrogen-bond acceptors (Lipinski definition) is 5. The Bertz CT molecular complexity index is 976. The second-order valence-electron chi connectivity index (χ2n) is 6.55. The van der Waals surface area contributed by atoms with Crippen molar-refractivity contribution < 1.29 is 4.74 Å². The number of anilines is 4. The van der Waals surface area contributed by atoms with E-state index in [1.54, 1.807) is 7.11 Å². The van der Waals surface area contributed by atoms with E-state index < -0.39 is 0 Å². The van der Waals surface area contributed by atoms with Gasteiger partial charge < -0.3 is 15.0 Å². The minimum absolute atomic E-state index is 0.542. The first kappa shape index (κ1) is 17.6. The largest absolute Gasteiger partial charge is 0.495 e. The van der Waals surface area contributed by atoms with E-state index in [1.807, 2.05) is 31.2 Å². The number of rotatable bonds is 4. The molecule has 0 fully saturated rings. The summed E-state index contributed by atoms with van der Waals surface area (Å²) in [7, 11) is 1.60. The van der Waals surface area contributed by atoms with Gasteiger partial charge in [0.1, 0.15) is 11.6 Å². The van der Waals surface area contributed by atoms with Gasteiger partial charge in [0.2, 0.25) is 5.95 Å². The third kappa shape index (κ3) is 3.69. The van der Waals surface area contributed by atoms with Crippen molar-refractivity contribution in [3.63, 3.8) is 0 Å². The highest BCUT2D eigenvalue weighted by Gasteiger charge is 2.19. The predicted octanol–water partition coefficient (Wildman–Crippen LogP) is 5.27. The molecule has 6 heteroatoms. The lowest BCUT2D eigenvalue weighted by Crippen LogP contribution is -2.25. The average molecular weight is 381 g/mol. The highest BCUT2D eigenvalue weighted by molar-refractivity contribution is 6.32. The molecule has 2 heterocycles. The molecule has 0 unspecified atom stereocenters. The van der Waals surface area contributed by atoms with Gasteiger partial charge in [-0.25, -0.2) is 4.98 Å². The van der Waals surface area contributed by atoms with Gasteiger partial charge in [0.05, 0.1) is 12.1 Å². The number of hydrogen-bond donors (Lipinski definition) is 1.